The van der Waals surface area contributed by atoms with Gasteiger partial charge in [-0.1, -0.05) is 6.07 Å². The normalized spacial score (nSPS) is 11.0. The Bertz CT molecular complexity index is 452. The molecule has 0 aliphatic rings. The zero-order chi connectivity index (χ0) is 12.1. The Kier molecular flexibility index (Phi) is 3.77. The third-order valence-electron chi connectivity index (χ3n) is 1.82. The van der Waals surface area contributed by atoms with Crippen LogP contribution in [0.15, 0.2) is 36.0 Å². The molecule has 5 nitrogen and oxygen atoms in total. The fraction of sp³-hybridized carbons (Fsp3) is 0.182. The molecule has 0 amide bonds. The molecule has 0 bridgehead atoms. The van der Waals surface area contributed by atoms with E-state index in [9.17, 15) is 14.9 Å². The second-order valence-corrected chi connectivity index (χ2v) is 3.37. The zero-order valence-corrected chi connectivity index (χ0v) is 9.06. The number of nitrogens with one attached hydrogen (secondary N) is 1. The van der Waals surface area contributed by atoms with Gasteiger partial charge >= 0.3 is 0 Å². The number of allylic oxidation sites excluding steroid dienone is 2. The first-order valence-electron chi connectivity index (χ1n) is 4.69. The summed E-state index contributed by atoms with van der Waals surface area (Å²) in [6.07, 6.45) is 1.43. The lowest BCUT2D eigenvalue weighted by Crippen LogP contribution is -1.98. The molecule has 0 saturated carbocycles. The summed E-state index contributed by atoms with van der Waals surface area (Å²) in [5.74, 6) is -0.0737. The van der Waals surface area contributed by atoms with E-state index in [0.717, 1.165) is 0 Å². The molecule has 1 aromatic rings. The molecule has 84 valence electrons. The number of carbonyl (C=O) groups excluding carboxylic acids is 1. The maximum Gasteiger partial charge on any atom is 0.271 e. The van der Waals surface area contributed by atoms with Crippen molar-refractivity contribution in [1.82, 2.24) is 0 Å². The maximum absolute atomic E-state index is 10.8. The van der Waals surface area contributed by atoms with E-state index in [4.69, 9.17) is 0 Å². The highest BCUT2D eigenvalue weighted by atomic mass is 16.6. The quantitative estimate of drug-likeness (QED) is 0.480. The van der Waals surface area contributed by atoms with E-state index in [1.54, 1.807) is 19.1 Å². The monoisotopic (exact) mass is 220 g/mol. The third-order valence-corrected chi connectivity index (χ3v) is 1.82. The molecule has 5 heteroatoms. The van der Waals surface area contributed by atoms with E-state index in [1.165, 1.54) is 25.1 Å². The van der Waals surface area contributed by atoms with Crippen LogP contribution in [-0.2, 0) is 4.79 Å². The molecule has 0 saturated heterocycles. The number of hydrogen-bond donors (Lipinski definition) is 1. The van der Waals surface area contributed by atoms with Crippen LogP contribution in [-0.4, -0.2) is 10.7 Å². The lowest BCUT2D eigenvalue weighted by molar-refractivity contribution is -0.384. The molecular formula is C11H12N2O3. The summed E-state index contributed by atoms with van der Waals surface area (Å²) in [5.41, 5.74) is 1.25. The molecule has 0 unspecified atom stereocenters. The van der Waals surface area contributed by atoms with Crippen LogP contribution >= 0.6 is 0 Å². The van der Waals surface area contributed by atoms with Crippen LogP contribution in [0.2, 0.25) is 0 Å². The number of benzene rings is 1. The van der Waals surface area contributed by atoms with E-state index in [-0.39, 0.29) is 11.5 Å². The summed E-state index contributed by atoms with van der Waals surface area (Å²) in [5, 5.41) is 13.4. The van der Waals surface area contributed by atoms with Crippen LogP contribution in [0.3, 0.4) is 0 Å². The van der Waals surface area contributed by atoms with Gasteiger partial charge in [-0.25, -0.2) is 0 Å². The van der Waals surface area contributed by atoms with Gasteiger partial charge in [0.25, 0.3) is 5.69 Å². The summed E-state index contributed by atoms with van der Waals surface area (Å²) >= 11 is 0. The molecule has 16 heavy (non-hydrogen) atoms. The minimum atomic E-state index is -0.463. The fourth-order valence-electron chi connectivity index (χ4n) is 1.27. The number of nitrogens with zero attached hydrogens (tertiary/aromatic N) is 1. The van der Waals surface area contributed by atoms with Crippen molar-refractivity contribution in [2.24, 2.45) is 0 Å². The first kappa shape index (κ1) is 11.9. The minimum absolute atomic E-state index is 0.0145. The smallest absolute Gasteiger partial charge is 0.271 e. The highest BCUT2D eigenvalue weighted by molar-refractivity contribution is 5.88. The van der Waals surface area contributed by atoms with Crippen molar-refractivity contribution < 1.29 is 9.72 Å². The highest BCUT2D eigenvalue weighted by Gasteiger charge is 2.05. The second kappa shape index (κ2) is 5.06. The van der Waals surface area contributed by atoms with Gasteiger partial charge in [0, 0.05) is 23.5 Å². The molecule has 0 heterocycles. The molecule has 1 rings (SSSR count). The van der Waals surface area contributed by atoms with Crippen molar-refractivity contribution in [3.05, 3.63) is 46.2 Å². The van der Waals surface area contributed by atoms with E-state index in [1.807, 2.05) is 0 Å². The van der Waals surface area contributed by atoms with E-state index in [2.05, 4.69) is 5.32 Å². The van der Waals surface area contributed by atoms with Crippen molar-refractivity contribution >= 4 is 17.2 Å². The van der Waals surface area contributed by atoms with Crippen molar-refractivity contribution in [2.75, 3.05) is 5.32 Å². The molecule has 0 fully saturated rings. The van der Waals surface area contributed by atoms with Gasteiger partial charge in [-0.05, 0) is 26.0 Å². The fourth-order valence-corrected chi connectivity index (χ4v) is 1.27. The van der Waals surface area contributed by atoms with Crippen LogP contribution in [0, 0.1) is 10.1 Å². The largest absolute Gasteiger partial charge is 0.359 e. The molecule has 0 aliphatic carbocycles. The number of hydrogen-bond acceptors (Lipinski definition) is 4. The molecule has 1 aromatic carbocycles. The zero-order valence-electron chi connectivity index (χ0n) is 9.06. The van der Waals surface area contributed by atoms with Gasteiger partial charge in [0.1, 0.15) is 0 Å². The molecule has 0 spiro atoms. The number of rotatable bonds is 4. The lowest BCUT2D eigenvalue weighted by atomic mass is 10.2. The highest BCUT2D eigenvalue weighted by Crippen LogP contribution is 2.18. The summed E-state index contributed by atoms with van der Waals surface area (Å²) in [6.45, 7) is 3.17. The Morgan fingerprint density at radius 1 is 1.44 bits per heavy atom. The molecule has 0 aliphatic heterocycles. The number of nitro groups is 1. The predicted molar refractivity (Wildman–Crippen MR) is 61.2 cm³/mol. The van der Waals surface area contributed by atoms with Gasteiger partial charge in [0.05, 0.1) is 4.92 Å². The average Bonchev–Trinajstić information content (AvgIpc) is 2.16. The lowest BCUT2D eigenvalue weighted by Gasteiger charge is -2.05. The number of anilines is 1. The van der Waals surface area contributed by atoms with Crippen LogP contribution in [0.1, 0.15) is 13.8 Å². The van der Waals surface area contributed by atoms with E-state index < -0.39 is 4.92 Å². The standard InChI is InChI=1S/C11H12N2O3/c1-8(6-9(2)14)12-10-4-3-5-11(7-10)13(15)16/h3-7,12H,1-2H3. The molecule has 0 aromatic heterocycles. The first-order chi connectivity index (χ1) is 7.49. The van der Waals surface area contributed by atoms with Crippen LogP contribution in [0.25, 0.3) is 0 Å². The molecule has 0 radical (unpaired) electrons. The third kappa shape index (κ3) is 3.53. The Labute approximate surface area is 92.9 Å². The van der Waals surface area contributed by atoms with Crippen LogP contribution < -0.4 is 5.32 Å². The van der Waals surface area contributed by atoms with Gasteiger partial charge in [-0.2, -0.15) is 0 Å². The summed E-state index contributed by atoms with van der Waals surface area (Å²) in [6, 6.07) is 6.11. The van der Waals surface area contributed by atoms with Gasteiger partial charge in [0.15, 0.2) is 5.78 Å². The SMILES string of the molecule is CC(=O)C=C(C)Nc1cccc([N+](=O)[O-])c1. The van der Waals surface area contributed by atoms with Crippen molar-refractivity contribution in [3.8, 4) is 0 Å². The van der Waals surface area contributed by atoms with Gasteiger partial charge < -0.3 is 5.32 Å². The summed E-state index contributed by atoms with van der Waals surface area (Å²) in [7, 11) is 0. The first-order valence-corrected chi connectivity index (χ1v) is 4.69. The average molecular weight is 220 g/mol. The number of non-ortho nitro benzene ring substituents is 1. The van der Waals surface area contributed by atoms with Gasteiger partial charge in [-0.15, -0.1) is 0 Å². The maximum atomic E-state index is 10.8. The van der Waals surface area contributed by atoms with Crippen LogP contribution in [0.4, 0.5) is 11.4 Å². The molecular weight excluding hydrogens is 208 g/mol. The van der Waals surface area contributed by atoms with Crippen molar-refractivity contribution in [1.29, 1.82) is 0 Å². The van der Waals surface area contributed by atoms with Gasteiger partial charge in [0.2, 0.25) is 0 Å². The molecule has 0 atom stereocenters. The number of ketones is 1. The molecule has 1 N–H and O–H groups in total. The minimum Gasteiger partial charge on any atom is -0.359 e. The summed E-state index contributed by atoms with van der Waals surface area (Å²) in [4.78, 5) is 20.9. The second-order valence-electron chi connectivity index (χ2n) is 3.37. The summed E-state index contributed by atoms with van der Waals surface area (Å²) < 4.78 is 0. The predicted octanol–water partition coefficient (Wildman–Crippen LogP) is 2.50. The number of nitro benzene ring substituents is 1. The van der Waals surface area contributed by atoms with Crippen molar-refractivity contribution in [2.45, 2.75) is 13.8 Å². The Hall–Kier alpha value is -2.17. The topological polar surface area (TPSA) is 72.2 Å². The van der Waals surface area contributed by atoms with Crippen LogP contribution in [0.5, 0.6) is 0 Å². The van der Waals surface area contributed by atoms with Crippen molar-refractivity contribution in [3.63, 3.8) is 0 Å². The van der Waals surface area contributed by atoms with E-state index >= 15 is 0 Å². The Morgan fingerprint density at radius 2 is 2.12 bits per heavy atom. The van der Waals surface area contributed by atoms with Gasteiger partial charge in [-0.3, -0.25) is 14.9 Å². The number of carbonyl (C=O) groups is 1. The Morgan fingerprint density at radius 3 is 2.69 bits per heavy atom. The Balaban J connectivity index is 2.86. The van der Waals surface area contributed by atoms with E-state index in [0.29, 0.717) is 11.4 Å².